The number of amides is 1. The number of H-pyrrole nitrogens is 1. The molecule has 1 amide bonds. The fraction of sp³-hybridized carbons (Fsp3) is 0. The van der Waals surface area contributed by atoms with E-state index in [1.54, 1.807) is 18.5 Å². The smallest absolute Gasteiger partial charge is 0.276 e. The van der Waals surface area contributed by atoms with Gasteiger partial charge in [0, 0.05) is 23.5 Å². The molecule has 100 valence electrons. The molecule has 4 nitrogen and oxygen atoms in total. The van der Waals surface area contributed by atoms with Gasteiger partial charge in [-0.05, 0) is 30.3 Å². The Labute approximate surface area is 118 Å². The van der Waals surface area contributed by atoms with Crippen LogP contribution in [0.4, 0.5) is 10.1 Å². The number of nitrogens with one attached hydrogen (secondary N) is 2. The standard InChI is InChI=1S/C14H9ClFN3O/c15-10-7-9(1-2-11(10)16)19-14(20)13-12-8(3-5-17-12)4-6-18-13/h1-7,17H,(H,19,20). The van der Waals surface area contributed by atoms with Crippen molar-refractivity contribution in [1.82, 2.24) is 9.97 Å². The molecule has 0 aliphatic heterocycles. The van der Waals surface area contributed by atoms with Gasteiger partial charge in [-0.3, -0.25) is 4.79 Å². The molecule has 2 N–H and O–H groups in total. The summed E-state index contributed by atoms with van der Waals surface area (Å²) >= 11 is 5.67. The van der Waals surface area contributed by atoms with E-state index in [1.807, 2.05) is 6.07 Å². The second kappa shape index (κ2) is 4.94. The second-order valence-electron chi connectivity index (χ2n) is 4.18. The number of carbonyl (C=O) groups excluding carboxylic acids is 1. The average molecular weight is 290 g/mol. The van der Waals surface area contributed by atoms with Gasteiger partial charge in [0.15, 0.2) is 5.69 Å². The molecule has 0 bridgehead atoms. The van der Waals surface area contributed by atoms with Gasteiger partial charge < -0.3 is 10.3 Å². The van der Waals surface area contributed by atoms with E-state index in [-0.39, 0.29) is 16.6 Å². The molecule has 0 aliphatic rings. The van der Waals surface area contributed by atoms with Gasteiger partial charge in [-0.25, -0.2) is 9.37 Å². The van der Waals surface area contributed by atoms with E-state index in [0.717, 1.165) is 5.39 Å². The van der Waals surface area contributed by atoms with Crippen LogP contribution in [-0.4, -0.2) is 15.9 Å². The Morgan fingerprint density at radius 2 is 2.15 bits per heavy atom. The lowest BCUT2D eigenvalue weighted by molar-refractivity contribution is 0.102. The van der Waals surface area contributed by atoms with Crippen LogP contribution in [0.3, 0.4) is 0 Å². The van der Waals surface area contributed by atoms with Crippen LogP contribution in [-0.2, 0) is 0 Å². The third-order valence-electron chi connectivity index (χ3n) is 2.87. The number of aromatic amines is 1. The maximum atomic E-state index is 13.1. The van der Waals surface area contributed by atoms with Crippen molar-refractivity contribution in [2.45, 2.75) is 0 Å². The van der Waals surface area contributed by atoms with Crippen LogP contribution in [0.15, 0.2) is 42.7 Å². The Balaban J connectivity index is 1.93. The Bertz CT molecular complexity index is 800. The Hall–Kier alpha value is -2.40. The van der Waals surface area contributed by atoms with E-state index in [0.29, 0.717) is 11.2 Å². The number of carbonyl (C=O) groups is 1. The molecule has 0 radical (unpaired) electrons. The molecule has 0 unspecified atom stereocenters. The highest BCUT2D eigenvalue weighted by atomic mass is 35.5. The van der Waals surface area contributed by atoms with E-state index in [1.165, 1.54) is 18.2 Å². The van der Waals surface area contributed by atoms with E-state index in [9.17, 15) is 9.18 Å². The largest absolute Gasteiger partial charge is 0.359 e. The molecule has 0 aliphatic carbocycles. The lowest BCUT2D eigenvalue weighted by Gasteiger charge is -2.06. The molecule has 0 saturated carbocycles. The van der Waals surface area contributed by atoms with Gasteiger partial charge in [0.05, 0.1) is 10.5 Å². The van der Waals surface area contributed by atoms with Crippen molar-refractivity contribution < 1.29 is 9.18 Å². The quantitative estimate of drug-likeness (QED) is 0.757. The lowest BCUT2D eigenvalue weighted by atomic mass is 10.2. The van der Waals surface area contributed by atoms with Crippen LogP contribution in [0.1, 0.15) is 10.5 Å². The molecule has 6 heteroatoms. The topological polar surface area (TPSA) is 57.8 Å². The van der Waals surface area contributed by atoms with Crippen molar-refractivity contribution in [3.05, 3.63) is 59.3 Å². The summed E-state index contributed by atoms with van der Waals surface area (Å²) in [5, 5.41) is 3.48. The van der Waals surface area contributed by atoms with Crippen molar-refractivity contribution in [3.63, 3.8) is 0 Å². The van der Waals surface area contributed by atoms with Crippen molar-refractivity contribution >= 4 is 34.1 Å². The zero-order chi connectivity index (χ0) is 14.1. The first kappa shape index (κ1) is 12.6. The zero-order valence-corrected chi connectivity index (χ0v) is 10.9. The monoisotopic (exact) mass is 289 g/mol. The van der Waals surface area contributed by atoms with E-state index in [2.05, 4.69) is 15.3 Å². The average Bonchev–Trinajstić information content (AvgIpc) is 2.91. The molecule has 3 rings (SSSR count). The summed E-state index contributed by atoms with van der Waals surface area (Å²) in [6, 6.07) is 7.64. The van der Waals surface area contributed by atoms with Crippen molar-refractivity contribution in [2.75, 3.05) is 5.32 Å². The van der Waals surface area contributed by atoms with E-state index in [4.69, 9.17) is 11.6 Å². The number of nitrogens with zero attached hydrogens (tertiary/aromatic N) is 1. The summed E-state index contributed by atoms with van der Waals surface area (Å²) in [5.41, 5.74) is 1.33. The van der Waals surface area contributed by atoms with Gasteiger partial charge in [0.1, 0.15) is 5.82 Å². The fourth-order valence-corrected chi connectivity index (χ4v) is 2.10. The molecule has 1 aromatic carbocycles. The van der Waals surface area contributed by atoms with Gasteiger partial charge in [0.25, 0.3) is 5.91 Å². The minimum absolute atomic E-state index is 0.0474. The molecule has 20 heavy (non-hydrogen) atoms. The van der Waals surface area contributed by atoms with Crippen LogP contribution in [0.2, 0.25) is 5.02 Å². The van der Waals surface area contributed by atoms with Gasteiger partial charge >= 0.3 is 0 Å². The number of rotatable bonds is 2. The minimum Gasteiger partial charge on any atom is -0.359 e. The van der Waals surface area contributed by atoms with Crippen LogP contribution in [0.25, 0.3) is 10.9 Å². The third kappa shape index (κ3) is 2.23. The first-order chi connectivity index (χ1) is 9.65. The summed E-state index contributed by atoms with van der Waals surface area (Å²) in [6.45, 7) is 0. The molecule has 0 spiro atoms. The Morgan fingerprint density at radius 1 is 1.30 bits per heavy atom. The van der Waals surface area contributed by atoms with Gasteiger partial charge in [-0.2, -0.15) is 0 Å². The maximum Gasteiger partial charge on any atom is 0.276 e. The van der Waals surface area contributed by atoms with Gasteiger partial charge in [0.2, 0.25) is 0 Å². The minimum atomic E-state index is -0.533. The molecule has 0 fully saturated rings. The van der Waals surface area contributed by atoms with Crippen LogP contribution < -0.4 is 5.32 Å². The Morgan fingerprint density at radius 3 is 2.95 bits per heavy atom. The number of hydrogen-bond acceptors (Lipinski definition) is 2. The summed E-state index contributed by atoms with van der Waals surface area (Å²) < 4.78 is 13.1. The predicted octanol–water partition coefficient (Wildman–Crippen LogP) is 3.61. The number of aromatic nitrogens is 2. The molecular formula is C14H9ClFN3O. The number of halogens is 2. The number of fused-ring (bicyclic) bond motifs is 1. The molecule has 0 atom stereocenters. The van der Waals surface area contributed by atoms with Gasteiger partial charge in [-0.1, -0.05) is 11.6 Å². The van der Waals surface area contributed by atoms with Crippen LogP contribution in [0.5, 0.6) is 0 Å². The number of hydrogen-bond donors (Lipinski definition) is 2. The van der Waals surface area contributed by atoms with Crippen molar-refractivity contribution in [1.29, 1.82) is 0 Å². The number of benzene rings is 1. The number of anilines is 1. The SMILES string of the molecule is O=C(Nc1ccc(F)c(Cl)c1)c1nccc2cc[nH]c12. The first-order valence-electron chi connectivity index (χ1n) is 5.83. The highest BCUT2D eigenvalue weighted by Gasteiger charge is 2.13. The molecule has 0 saturated heterocycles. The van der Waals surface area contributed by atoms with E-state index < -0.39 is 5.82 Å². The lowest BCUT2D eigenvalue weighted by Crippen LogP contribution is -2.14. The van der Waals surface area contributed by atoms with E-state index >= 15 is 0 Å². The second-order valence-corrected chi connectivity index (χ2v) is 4.59. The summed E-state index contributed by atoms with van der Waals surface area (Å²) in [4.78, 5) is 19.2. The highest BCUT2D eigenvalue weighted by Crippen LogP contribution is 2.21. The number of pyridine rings is 1. The van der Waals surface area contributed by atoms with Crippen LogP contribution in [0, 0.1) is 5.82 Å². The first-order valence-corrected chi connectivity index (χ1v) is 6.21. The maximum absolute atomic E-state index is 13.1. The zero-order valence-electron chi connectivity index (χ0n) is 10.2. The molecule has 2 heterocycles. The van der Waals surface area contributed by atoms with Gasteiger partial charge in [-0.15, -0.1) is 0 Å². The summed E-state index contributed by atoms with van der Waals surface area (Å²) in [6.07, 6.45) is 3.29. The molecule has 3 aromatic rings. The van der Waals surface area contributed by atoms with Crippen LogP contribution >= 0.6 is 11.6 Å². The molecular weight excluding hydrogens is 281 g/mol. The third-order valence-corrected chi connectivity index (χ3v) is 3.16. The predicted molar refractivity (Wildman–Crippen MR) is 75.5 cm³/mol. The van der Waals surface area contributed by atoms with Crippen molar-refractivity contribution in [2.24, 2.45) is 0 Å². The normalized spacial score (nSPS) is 10.7. The Kier molecular flexibility index (Phi) is 3.12. The summed E-state index contributed by atoms with van der Waals surface area (Å²) in [5.74, 6) is -0.921. The van der Waals surface area contributed by atoms with Crippen molar-refractivity contribution in [3.8, 4) is 0 Å². The molecule has 2 aromatic heterocycles. The highest BCUT2D eigenvalue weighted by molar-refractivity contribution is 6.31. The summed E-state index contributed by atoms with van der Waals surface area (Å²) in [7, 11) is 0. The fourth-order valence-electron chi connectivity index (χ4n) is 1.92.